The molecular formula is C25H27N2O+. The number of anilines is 1. The quantitative estimate of drug-likeness (QED) is 0.720. The van der Waals surface area contributed by atoms with E-state index >= 15 is 0 Å². The maximum absolute atomic E-state index is 12.6. The van der Waals surface area contributed by atoms with E-state index in [2.05, 4.69) is 47.8 Å². The van der Waals surface area contributed by atoms with Crippen molar-refractivity contribution in [1.29, 1.82) is 0 Å². The fourth-order valence-corrected chi connectivity index (χ4v) is 3.92. The van der Waals surface area contributed by atoms with Crippen molar-refractivity contribution in [3.8, 4) is 0 Å². The van der Waals surface area contributed by atoms with Gasteiger partial charge in [-0.1, -0.05) is 48.5 Å². The van der Waals surface area contributed by atoms with Crippen molar-refractivity contribution in [3.63, 3.8) is 0 Å². The molecule has 1 aliphatic rings. The van der Waals surface area contributed by atoms with Crippen molar-refractivity contribution in [2.24, 2.45) is 0 Å². The van der Waals surface area contributed by atoms with Crippen LogP contribution in [0.2, 0.25) is 0 Å². The lowest BCUT2D eigenvalue weighted by Crippen LogP contribution is -3.10. The van der Waals surface area contributed by atoms with Crippen LogP contribution in [-0.2, 0) is 19.5 Å². The standard InChI is InChI=1S/C25H26N2O/c1-18-7-8-19(2)24(15-18)26-25(28)22-11-9-20(10-12-22)16-27-14-13-21-5-3-4-6-23(21)17-27/h3-12,15H,13-14,16-17H2,1-2H3,(H,26,28)/p+1. The second kappa shape index (κ2) is 7.99. The molecule has 3 heteroatoms. The summed E-state index contributed by atoms with van der Waals surface area (Å²) >= 11 is 0. The van der Waals surface area contributed by atoms with Crippen LogP contribution in [0.1, 0.15) is 38.2 Å². The van der Waals surface area contributed by atoms with E-state index in [1.807, 2.05) is 38.1 Å². The Morgan fingerprint density at radius 2 is 1.71 bits per heavy atom. The maximum atomic E-state index is 12.6. The monoisotopic (exact) mass is 371 g/mol. The molecule has 3 nitrogen and oxygen atoms in total. The van der Waals surface area contributed by atoms with Crippen LogP contribution in [-0.4, -0.2) is 12.5 Å². The van der Waals surface area contributed by atoms with Crippen molar-refractivity contribution >= 4 is 11.6 Å². The second-order valence-corrected chi connectivity index (χ2v) is 7.84. The van der Waals surface area contributed by atoms with Crippen LogP contribution >= 0.6 is 0 Å². The summed E-state index contributed by atoms with van der Waals surface area (Å²) in [7, 11) is 0. The molecule has 0 spiro atoms. The zero-order valence-electron chi connectivity index (χ0n) is 16.6. The molecule has 0 saturated heterocycles. The molecule has 1 unspecified atom stereocenters. The highest BCUT2D eigenvalue weighted by molar-refractivity contribution is 6.04. The first kappa shape index (κ1) is 18.5. The number of quaternary nitrogens is 1. The number of amides is 1. The van der Waals surface area contributed by atoms with Gasteiger partial charge in [-0.2, -0.15) is 0 Å². The van der Waals surface area contributed by atoms with E-state index in [0.29, 0.717) is 5.56 Å². The van der Waals surface area contributed by atoms with Crippen LogP contribution in [0.3, 0.4) is 0 Å². The van der Waals surface area contributed by atoms with Crippen molar-refractivity contribution in [1.82, 2.24) is 0 Å². The predicted octanol–water partition coefficient (Wildman–Crippen LogP) is 3.70. The minimum Gasteiger partial charge on any atom is -0.327 e. The molecule has 0 aromatic heterocycles. The number of benzene rings is 3. The molecule has 1 atom stereocenters. The highest BCUT2D eigenvalue weighted by atomic mass is 16.1. The van der Waals surface area contributed by atoms with Gasteiger partial charge in [-0.25, -0.2) is 0 Å². The predicted molar refractivity (Wildman–Crippen MR) is 114 cm³/mol. The normalized spacial score (nSPS) is 15.7. The third-order valence-electron chi connectivity index (χ3n) is 5.62. The summed E-state index contributed by atoms with van der Waals surface area (Å²) in [5, 5.41) is 3.04. The summed E-state index contributed by atoms with van der Waals surface area (Å²) in [4.78, 5) is 14.2. The number of fused-ring (bicyclic) bond motifs is 1. The maximum Gasteiger partial charge on any atom is 0.255 e. The van der Waals surface area contributed by atoms with Crippen LogP contribution < -0.4 is 10.2 Å². The summed E-state index contributed by atoms with van der Waals surface area (Å²) in [6, 6.07) is 22.9. The molecular weight excluding hydrogens is 344 g/mol. The second-order valence-electron chi connectivity index (χ2n) is 7.84. The van der Waals surface area contributed by atoms with Crippen molar-refractivity contribution in [2.75, 3.05) is 11.9 Å². The van der Waals surface area contributed by atoms with Gasteiger partial charge >= 0.3 is 0 Å². The van der Waals surface area contributed by atoms with Gasteiger partial charge in [0.15, 0.2) is 0 Å². The SMILES string of the molecule is Cc1ccc(C)c(NC(=O)c2ccc(C[NH+]3CCc4ccccc4C3)cc2)c1. The number of carbonyl (C=O) groups excluding carboxylic acids is 1. The molecule has 1 aliphatic heterocycles. The number of carbonyl (C=O) groups is 1. The number of hydrogen-bond donors (Lipinski definition) is 2. The molecule has 0 bridgehead atoms. The Morgan fingerprint density at radius 3 is 2.50 bits per heavy atom. The van der Waals surface area contributed by atoms with E-state index in [1.54, 1.807) is 4.90 Å². The summed E-state index contributed by atoms with van der Waals surface area (Å²) in [5.74, 6) is -0.0560. The Bertz CT molecular complexity index is 992. The van der Waals surface area contributed by atoms with Crippen molar-refractivity contribution < 1.29 is 9.69 Å². The Balaban J connectivity index is 1.40. The summed E-state index contributed by atoms with van der Waals surface area (Å²) < 4.78 is 0. The van der Waals surface area contributed by atoms with Gasteiger partial charge in [0.25, 0.3) is 5.91 Å². The molecule has 3 aromatic carbocycles. The fourth-order valence-electron chi connectivity index (χ4n) is 3.92. The molecule has 4 rings (SSSR count). The average molecular weight is 372 g/mol. The van der Waals surface area contributed by atoms with Gasteiger partial charge in [0.2, 0.25) is 0 Å². The molecule has 0 aliphatic carbocycles. The van der Waals surface area contributed by atoms with E-state index in [-0.39, 0.29) is 5.91 Å². The summed E-state index contributed by atoms with van der Waals surface area (Å²) in [6.45, 7) is 7.27. The first-order valence-electron chi connectivity index (χ1n) is 9.96. The molecule has 3 aromatic rings. The van der Waals surface area contributed by atoms with Crippen molar-refractivity contribution in [2.45, 2.75) is 33.4 Å². The van der Waals surface area contributed by atoms with Gasteiger partial charge in [-0.15, -0.1) is 0 Å². The molecule has 142 valence electrons. The first-order valence-corrected chi connectivity index (χ1v) is 9.96. The zero-order valence-corrected chi connectivity index (χ0v) is 16.6. The topological polar surface area (TPSA) is 33.5 Å². The van der Waals surface area contributed by atoms with Gasteiger partial charge in [0.05, 0.1) is 6.54 Å². The molecule has 0 radical (unpaired) electrons. The van der Waals surface area contributed by atoms with Crippen molar-refractivity contribution in [3.05, 3.63) is 100 Å². The Kier molecular flexibility index (Phi) is 5.27. The number of aryl methyl sites for hydroxylation is 2. The van der Waals surface area contributed by atoms with E-state index in [4.69, 9.17) is 0 Å². The number of nitrogens with one attached hydrogen (secondary N) is 2. The van der Waals surface area contributed by atoms with E-state index in [1.165, 1.54) is 16.7 Å². The lowest BCUT2D eigenvalue weighted by atomic mass is 9.99. The van der Waals surface area contributed by atoms with Gasteiger partial charge in [0.1, 0.15) is 13.1 Å². The smallest absolute Gasteiger partial charge is 0.255 e. The minimum absolute atomic E-state index is 0.0560. The van der Waals surface area contributed by atoms with E-state index in [9.17, 15) is 4.79 Å². The Hall–Kier alpha value is -2.91. The third kappa shape index (κ3) is 4.15. The van der Waals surface area contributed by atoms with Crippen LogP contribution in [0.5, 0.6) is 0 Å². The van der Waals surface area contributed by atoms with Gasteiger partial charge < -0.3 is 10.2 Å². The van der Waals surface area contributed by atoms with E-state index in [0.717, 1.165) is 42.9 Å². The van der Waals surface area contributed by atoms with Gasteiger partial charge in [-0.05, 0) is 48.7 Å². The molecule has 28 heavy (non-hydrogen) atoms. The molecule has 2 N–H and O–H groups in total. The molecule has 1 amide bonds. The van der Waals surface area contributed by atoms with Gasteiger partial charge in [-0.3, -0.25) is 4.79 Å². The highest BCUT2D eigenvalue weighted by Gasteiger charge is 2.19. The molecule has 0 fully saturated rings. The molecule has 1 heterocycles. The number of rotatable bonds is 4. The van der Waals surface area contributed by atoms with Crippen LogP contribution in [0, 0.1) is 13.8 Å². The molecule has 0 saturated carbocycles. The van der Waals surface area contributed by atoms with Crippen LogP contribution in [0.4, 0.5) is 5.69 Å². The fraction of sp³-hybridized carbons (Fsp3) is 0.240. The minimum atomic E-state index is -0.0560. The van der Waals surface area contributed by atoms with Gasteiger partial charge in [0, 0.05) is 28.8 Å². The third-order valence-corrected chi connectivity index (χ3v) is 5.62. The summed E-state index contributed by atoms with van der Waals surface area (Å²) in [6.07, 6.45) is 1.14. The zero-order chi connectivity index (χ0) is 19.5. The Morgan fingerprint density at radius 1 is 0.964 bits per heavy atom. The Labute approximate surface area is 167 Å². The van der Waals surface area contributed by atoms with Crippen LogP contribution in [0.25, 0.3) is 0 Å². The lowest BCUT2D eigenvalue weighted by molar-refractivity contribution is -0.929. The largest absolute Gasteiger partial charge is 0.327 e. The summed E-state index contributed by atoms with van der Waals surface area (Å²) in [5.41, 5.74) is 8.02. The highest BCUT2D eigenvalue weighted by Crippen LogP contribution is 2.18. The van der Waals surface area contributed by atoms with Crippen LogP contribution in [0.15, 0.2) is 66.7 Å². The average Bonchev–Trinajstić information content (AvgIpc) is 2.71. The first-order chi connectivity index (χ1) is 13.6. The number of hydrogen-bond acceptors (Lipinski definition) is 1. The van der Waals surface area contributed by atoms with E-state index < -0.39 is 0 Å². The lowest BCUT2D eigenvalue weighted by Gasteiger charge is -2.26.